The van der Waals surface area contributed by atoms with Crippen LogP contribution < -0.4 is 5.56 Å². The molecule has 1 fully saturated rings. The molecule has 1 aliphatic heterocycles. The van der Waals surface area contributed by atoms with E-state index in [1.54, 1.807) is 0 Å². The minimum Gasteiger partial charge on any atom is -0.368 e. The van der Waals surface area contributed by atoms with Gasteiger partial charge in [0.2, 0.25) is 0 Å². The summed E-state index contributed by atoms with van der Waals surface area (Å²) in [5.74, 6) is 0.895. The molecule has 1 aromatic heterocycles. The highest BCUT2D eigenvalue weighted by Gasteiger charge is 2.24. The molecule has 0 radical (unpaired) electrons. The van der Waals surface area contributed by atoms with Crippen LogP contribution in [0, 0.1) is 3.57 Å². The Kier molecular flexibility index (Phi) is 4.97. The van der Waals surface area contributed by atoms with Gasteiger partial charge in [-0.1, -0.05) is 20.8 Å². The van der Waals surface area contributed by atoms with Gasteiger partial charge in [0.05, 0.1) is 15.9 Å². The Labute approximate surface area is 126 Å². The third-order valence-corrected chi connectivity index (χ3v) is 4.40. The minimum absolute atomic E-state index is 0.0634. The van der Waals surface area contributed by atoms with Gasteiger partial charge in [-0.25, -0.2) is 4.98 Å². The van der Waals surface area contributed by atoms with Crippen LogP contribution in [0.4, 0.5) is 0 Å². The summed E-state index contributed by atoms with van der Waals surface area (Å²) in [6.07, 6.45) is -0.129. The Morgan fingerprint density at radius 1 is 1.58 bits per heavy atom. The maximum absolute atomic E-state index is 12.0. The number of nitrogens with one attached hydrogen (secondary N) is 1. The highest BCUT2D eigenvalue weighted by Crippen LogP contribution is 2.22. The van der Waals surface area contributed by atoms with Crippen molar-refractivity contribution in [2.24, 2.45) is 0 Å². The number of aromatic nitrogens is 2. The zero-order valence-corrected chi connectivity index (χ0v) is 13.7. The Bertz CT molecular complexity index is 501. The SMILES string of the molecule is CCN1CCOC(c2nc(C(C)C)c(I)c(=O)[nH]2)C1. The van der Waals surface area contributed by atoms with Crippen molar-refractivity contribution in [3.05, 3.63) is 25.4 Å². The summed E-state index contributed by atoms with van der Waals surface area (Å²) >= 11 is 2.06. The molecule has 1 saturated heterocycles. The summed E-state index contributed by atoms with van der Waals surface area (Å²) in [6, 6.07) is 0. The molecule has 1 aliphatic rings. The van der Waals surface area contributed by atoms with Gasteiger partial charge < -0.3 is 9.72 Å². The van der Waals surface area contributed by atoms with Crippen molar-refractivity contribution < 1.29 is 4.74 Å². The third-order valence-electron chi connectivity index (χ3n) is 3.36. The van der Waals surface area contributed by atoms with E-state index in [2.05, 4.69) is 44.4 Å². The maximum atomic E-state index is 12.0. The van der Waals surface area contributed by atoms with E-state index in [4.69, 9.17) is 4.74 Å². The minimum atomic E-state index is -0.129. The van der Waals surface area contributed by atoms with Crippen LogP contribution in [-0.4, -0.2) is 41.1 Å². The van der Waals surface area contributed by atoms with Crippen LogP contribution in [0.1, 0.15) is 44.3 Å². The van der Waals surface area contributed by atoms with Crippen LogP contribution >= 0.6 is 22.6 Å². The monoisotopic (exact) mass is 377 g/mol. The van der Waals surface area contributed by atoms with Gasteiger partial charge in [-0.3, -0.25) is 9.69 Å². The van der Waals surface area contributed by atoms with E-state index in [1.165, 1.54) is 0 Å². The fraction of sp³-hybridized carbons (Fsp3) is 0.692. The highest BCUT2D eigenvalue weighted by molar-refractivity contribution is 14.1. The van der Waals surface area contributed by atoms with Gasteiger partial charge in [0.1, 0.15) is 11.9 Å². The van der Waals surface area contributed by atoms with Crippen LogP contribution in [-0.2, 0) is 4.74 Å². The van der Waals surface area contributed by atoms with Gasteiger partial charge in [-0.05, 0) is 35.1 Å². The second kappa shape index (κ2) is 6.32. The molecular weight excluding hydrogens is 357 g/mol. The van der Waals surface area contributed by atoms with Crippen LogP contribution in [0.3, 0.4) is 0 Å². The quantitative estimate of drug-likeness (QED) is 0.818. The summed E-state index contributed by atoms with van der Waals surface area (Å²) in [7, 11) is 0. The van der Waals surface area contributed by atoms with Crippen molar-refractivity contribution in [1.82, 2.24) is 14.9 Å². The number of halogens is 1. The molecule has 2 rings (SSSR count). The van der Waals surface area contributed by atoms with E-state index in [0.29, 0.717) is 16.0 Å². The number of likely N-dealkylation sites (N-methyl/N-ethyl adjacent to an activating group) is 1. The summed E-state index contributed by atoms with van der Waals surface area (Å²) in [5.41, 5.74) is 0.795. The second-order valence-corrected chi connectivity index (χ2v) is 6.14. The molecule has 5 nitrogen and oxygen atoms in total. The van der Waals surface area contributed by atoms with Crippen LogP contribution in [0.15, 0.2) is 4.79 Å². The lowest BCUT2D eigenvalue weighted by Crippen LogP contribution is -2.39. The summed E-state index contributed by atoms with van der Waals surface area (Å²) in [4.78, 5) is 21.8. The summed E-state index contributed by atoms with van der Waals surface area (Å²) in [6.45, 7) is 9.64. The van der Waals surface area contributed by atoms with Crippen molar-refractivity contribution in [3.63, 3.8) is 0 Å². The molecule has 0 spiro atoms. The van der Waals surface area contributed by atoms with Crippen LogP contribution in [0.2, 0.25) is 0 Å². The molecule has 0 amide bonds. The van der Waals surface area contributed by atoms with Gasteiger partial charge in [0, 0.05) is 13.1 Å². The van der Waals surface area contributed by atoms with Gasteiger partial charge >= 0.3 is 0 Å². The topological polar surface area (TPSA) is 58.2 Å². The third kappa shape index (κ3) is 3.35. The lowest BCUT2D eigenvalue weighted by molar-refractivity contribution is -0.0328. The fourth-order valence-electron chi connectivity index (χ4n) is 2.18. The summed E-state index contributed by atoms with van der Waals surface area (Å²) < 4.78 is 6.43. The molecule has 0 aromatic carbocycles. The predicted molar refractivity (Wildman–Crippen MR) is 82.5 cm³/mol. The predicted octanol–water partition coefficient (Wildman–Crippen LogP) is 1.89. The van der Waals surface area contributed by atoms with E-state index in [9.17, 15) is 4.79 Å². The fourth-order valence-corrected chi connectivity index (χ4v) is 3.06. The average Bonchev–Trinajstić information content (AvgIpc) is 2.41. The van der Waals surface area contributed by atoms with Crippen molar-refractivity contribution in [2.45, 2.75) is 32.8 Å². The van der Waals surface area contributed by atoms with Crippen molar-refractivity contribution in [2.75, 3.05) is 26.2 Å². The number of rotatable bonds is 3. The first-order valence-electron chi connectivity index (χ1n) is 6.66. The normalized spacial score (nSPS) is 21.0. The molecule has 2 heterocycles. The Balaban J connectivity index is 2.32. The molecule has 0 bridgehead atoms. The van der Waals surface area contributed by atoms with E-state index in [1.807, 2.05) is 13.8 Å². The lowest BCUT2D eigenvalue weighted by atomic mass is 10.1. The van der Waals surface area contributed by atoms with Gasteiger partial charge in [0.25, 0.3) is 5.56 Å². The van der Waals surface area contributed by atoms with E-state index >= 15 is 0 Å². The smallest absolute Gasteiger partial charge is 0.264 e. The molecule has 1 N–H and O–H groups in total. The number of ether oxygens (including phenoxy) is 1. The number of morpholine rings is 1. The van der Waals surface area contributed by atoms with E-state index in [0.717, 1.165) is 25.3 Å². The van der Waals surface area contributed by atoms with Crippen LogP contribution in [0.25, 0.3) is 0 Å². The lowest BCUT2D eigenvalue weighted by Gasteiger charge is -2.31. The largest absolute Gasteiger partial charge is 0.368 e. The molecule has 0 saturated carbocycles. The molecular formula is C13H20IN3O2. The first kappa shape index (κ1) is 14.9. The standard InChI is InChI=1S/C13H20IN3O2/c1-4-17-5-6-19-9(7-17)12-15-11(8(2)3)10(14)13(18)16-12/h8-9H,4-7H2,1-3H3,(H,15,16,18). The molecule has 0 aliphatic carbocycles. The Hall–Kier alpha value is -0.470. The Morgan fingerprint density at radius 2 is 2.32 bits per heavy atom. The first-order valence-corrected chi connectivity index (χ1v) is 7.74. The van der Waals surface area contributed by atoms with Crippen molar-refractivity contribution in [3.8, 4) is 0 Å². The molecule has 1 aromatic rings. The Morgan fingerprint density at radius 3 is 2.95 bits per heavy atom. The molecule has 6 heteroatoms. The number of hydrogen-bond donors (Lipinski definition) is 1. The zero-order valence-electron chi connectivity index (χ0n) is 11.6. The molecule has 1 unspecified atom stereocenters. The van der Waals surface area contributed by atoms with Gasteiger partial charge in [-0.15, -0.1) is 0 Å². The maximum Gasteiger partial charge on any atom is 0.264 e. The van der Waals surface area contributed by atoms with Crippen molar-refractivity contribution >= 4 is 22.6 Å². The first-order chi connectivity index (χ1) is 9.02. The van der Waals surface area contributed by atoms with Gasteiger partial charge in [-0.2, -0.15) is 0 Å². The molecule has 1 atom stereocenters. The molecule has 106 valence electrons. The van der Waals surface area contributed by atoms with Gasteiger partial charge in [0.15, 0.2) is 0 Å². The number of aromatic amines is 1. The average molecular weight is 377 g/mol. The molecule has 19 heavy (non-hydrogen) atoms. The van der Waals surface area contributed by atoms with E-state index < -0.39 is 0 Å². The number of H-pyrrole nitrogens is 1. The summed E-state index contributed by atoms with van der Waals surface area (Å²) in [5, 5.41) is 0. The van der Waals surface area contributed by atoms with E-state index in [-0.39, 0.29) is 17.6 Å². The highest BCUT2D eigenvalue weighted by atomic mass is 127. The zero-order chi connectivity index (χ0) is 14.0. The number of hydrogen-bond acceptors (Lipinski definition) is 4. The second-order valence-electron chi connectivity index (χ2n) is 5.06. The van der Waals surface area contributed by atoms with Crippen LogP contribution in [0.5, 0.6) is 0 Å². The van der Waals surface area contributed by atoms with Crippen molar-refractivity contribution in [1.29, 1.82) is 0 Å². The number of nitrogens with zero attached hydrogens (tertiary/aromatic N) is 2.